The van der Waals surface area contributed by atoms with E-state index in [4.69, 9.17) is 20.8 Å². The second kappa shape index (κ2) is 9.82. The van der Waals surface area contributed by atoms with E-state index in [2.05, 4.69) is 5.32 Å². The zero-order valence-electron chi connectivity index (χ0n) is 17.3. The van der Waals surface area contributed by atoms with Crippen LogP contribution in [0.5, 0.6) is 0 Å². The number of rotatable bonds is 7. The summed E-state index contributed by atoms with van der Waals surface area (Å²) in [6.45, 7) is 4.96. The van der Waals surface area contributed by atoms with Crippen molar-refractivity contribution in [3.63, 3.8) is 0 Å². The first kappa shape index (κ1) is 23.3. The van der Waals surface area contributed by atoms with Gasteiger partial charge in [-0.3, -0.25) is 9.69 Å². The molecule has 1 aliphatic rings. The first-order chi connectivity index (χ1) is 14.7. The summed E-state index contributed by atoms with van der Waals surface area (Å²) in [4.78, 5) is 25.9. The molecular weight excluding hydrogens is 446 g/mol. The number of sulfonamides is 1. The van der Waals surface area contributed by atoms with E-state index >= 15 is 0 Å². The highest BCUT2D eigenvalue weighted by Gasteiger charge is 2.32. The van der Waals surface area contributed by atoms with Gasteiger partial charge < -0.3 is 14.5 Å². The lowest BCUT2D eigenvalue weighted by Crippen LogP contribution is -2.50. The van der Waals surface area contributed by atoms with Crippen molar-refractivity contribution in [3.05, 3.63) is 46.7 Å². The first-order valence-electron chi connectivity index (χ1n) is 9.76. The van der Waals surface area contributed by atoms with Gasteiger partial charge in [0, 0.05) is 26.2 Å². The zero-order valence-corrected chi connectivity index (χ0v) is 18.8. The molecule has 1 N–H and O–H groups in total. The maximum absolute atomic E-state index is 12.8. The molecule has 0 radical (unpaired) electrons. The van der Waals surface area contributed by atoms with Crippen LogP contribution in [-0.2, 0) is 19.6 Å². The third kappa shape index (κ3) is 5.65. The molecule has 0 atom stereocenters. The quantitative estimate of drug-likeness (QED) is 0.620. The van der Waals surface area contributed by atoms with Crippen LogP contribution in [0.15, 0.2) is 39.8 Å². The summed E-state index contributed by atoms with van der Waals surface area (Å²) in [6.07, 6.45) is 0. The number of furan rings is 1. The number of nitrogens with zero attached hydrogens (tertiary/aromatic N) is 2. The summed E-state index contributed by atoms with van der Waals surface area (Å²) in [5, 5.41) is 2.93. The Morgan fingerprint density at radius 2 is 1.87 bits per heavy atom. The maximum atomic E-state index is 12.8. The second-order valence-electron chi connectivity index (χ2n) is 7.05. The van der Waals surface area contributed by atoms with Crippen LogP contribution in [-0.4, -0.2) is 68.8 Å². The lowest BCUT2D eigenvalue weighted by molar-refractivity contribution is -0.117. The lowest BCUT2D eigenvalue weighted by atomic mass is 10.2. The van der Waals surface area contributed by atoms with Crippen LogP contribution in [0.2, 0.25) is 5.02 Å². The summed E-state index contributed by atoms with van der Waals surface area (Å²) in [5.74, 6) is -1.11. The molecule has 11 heteroatoms. The number of nitrogens with one attached hydrogen (secondary N) is 1. The standard InChI is InChI=1S/C20H24ClN3O6S/c1-3-29-20(26)17-6-7-19(30-17)31(27,28)24-10-8-23(9-11-24)13-18(25)22-16-5-4-14(2)12-15(16)21/h4-7,12H,3,8-11,13H2,1-2H3,(H,22,25). The first-order valence-corrected chi connectivity index (χ1v) is 11.6. The molecule has 1 aromatic carbocycles. The molecule has 0 spiro atoms. The van der Waals surface area contributed by atoms with Gasteiger partial charge in [0.2, 0.25) is 16.8 Å². The van der Waals surface area contributed by atoms with Crippen LogP contribution in [0.3, 0.4) is 0 Å². The molecular formula is C20H24ClN3O6S. The van der Waals surface area contributed by atoms with Crippen molar-refractivity contribution >= 4 is 39.2 Å². The number of aryl methyl sites for hydroxylation is 1. The van der Waals surface area contributed by atoms with Gasteiger partial charge in [0.1, 0.15) is 0 Å². The van der Waals surface area contributed by atoms with E-state index < -0.39 is 16.0 Å². The SMILES string of the molecule is CCOC(=O)c1ccc(S(=O)(=O)N2CCN(CC(=O)Nc3ccc(C)cc3Cl)CC2)o1. The molecule has 168 valence electrons. The Hall–Kier alpha value is -2.40. The molecule has 3 rings (SSSR count). The van der Waals surface area contributed by atoms with Crippen molar-refractivity contribution < 1.29 is 27.2 Å². The normalized spacial score (nSPS) is 15.6. The number of hydrogen-bond acceptors (Lipinski definition) is 7. The van der Waals surface area contributed by atoms with Crippen LogP contribution in [0.4, 0.5) is 5.69 Å². The molecule has 1 fully saturated rings. The van der Waals surface area contributed by atoms with Gasteiger partial charge in [-0.05, 0) is 43.7 Å². The van der Waals surface area contributed by atoms with E-state index in [0.717, 1.165) is 5.56 Å². The summed E-state index contributed by atoms with van der Waals surface area (Å²) >= 11 is 6.14. The van der Waals surface area contributed by atoms with Crippen LogP contribution in [0.25, 0.3) is 0 Å². The van der Waals surface area contributed by atoms with Crippen LogP contribution in [0, 0.1) is 6.92 Å². The average molecular weight is 470 g/mol. The summed E-state index contributed by atoms with van der Waals surface area (Å²) in [6, 6.07) is 7.89. The lowest BCUT2D eigenvalue weighted by Gasteiger charge is -2.32. The Morgan fingerprint density at radius 3 is 2.52 bits per heavy atom. The number of benzene rings is 1. The fraction of sp³-hybridized carbons (Fsp3) is 0.400. The number of anilines is 1. The van der Waals surface area contributed by atoms with Crippen molar-refractivity contribution in [2.45, 2.75) is 18.9 Å². The van der Waals surface area contributed by atoms with Crippen molar-refractivity contribution in [1.29, 1.82) is 0 Å². The maximum Gasteiger partial charge on any atom is 0.374 e. The molecule has 0 bridgehead atoms. The van der Waals surface area contributed by atoms with Gasteiger partial charge in [-0.15, -0.1) is 0 Å². The van der Waals surface area contributed by atoms with Crippen LogP contribution >= 0.6 is 11.6 Å². The molecule has 0 unspecified atom stereocenters. The van der Waals surface area contributed by atoms with E-state index in [1.54, 1.807) is 19.1 Å². The highest BCUT2D eigenvalue weighted by atomic mass is 35.5. The third-order valence-corrected chi connectivity index (χ3v) is 6.83. The molecule has 1 saturated heterocycles. The highest BCUT2D eigenvalue weighted by Crippen LogP contribution is 2.23. The Morgan fingerprint density at radius 1 is 1.16 bits per heavy atom. The van der Waals surface area contributed by atoms with Gasteiger partial charge in [0.15, 0.2) is 0 Å². The molecule has 2 heterocycles. The number of carbonyl (C=O) groups is 2. The van der Waals surface area contributed by atoms with Gasteiger partial charge in [0.05, 0.1) is 23.9 Å². The average Bonchev–Trinajstić information content (AvgIpc) is 3.22. The Bertz CT molecular complexity index is 1060. The van der Waals surface area contributed by atoms with Crippen molar-refractivity contribution in [3.8, 4) is 0 Å². The number of ether oxygens (including phenoxy) is 1. The Kier molecular flexibility index (Phi) is 7.37. The second-order valence-corrected chi connectivity index (χ2v) is 9.33. The number of halogens is 1. The zero-order chi connectivity index (χ0) is 22.6. The predicted octanol–water partition coefficient (Wildman–Crippen LogP) is 2.36. The molecule has 9 nitrogen and oxygen atoms in total. The van der Waals surface area contributed by atoms with Crippen molar-refractivity contribution in [2.24, 2.45) is 0 Å². The number of piperazine rings is 1. The summed E-state index contributed by atoms with van der Waals surface area (Å²) in [5.41, 5.74) is 1.53. The van der Waals surface area contributed by atoms with E-state index in [9.17, 15) is 18.0 Å². The largest absolute Gasteiger partial charge is 0.460 e. The van der Waals surface area contributed by atoms with Gasteiger partial charge >= 0.3 is 5.97 Å². The van der Waals surface area contributed by atoms with Gasteiger partial charge in [0.25, 0.3) is 10.0 Å². The van der Waals surface area contributed by atoms with Crippen LogP contribution < -0.4 is 5.32 Å². The van der Waals surface area contributed by atoms with Gasteiger partial charge in [-0.25, -0.2) is 13.2 Å². The van der Waals surface area contributed by atoms with Crippen molar-refractivity contribution in [2.75, 3.05) is 44.6 Å². The van der Waals surface area contributed by atoms with E-state index in [0.29, 0.717) is 23.8 Å². The van der Waals surface area contributed by atoms with Gasteiger partial charge in [-0.2, -0.15) is 4.31 Å². The number of hydrogen-bond donors (Lipinski definition) is 1. The fourth-order valence-corrected chi connectivity index (χ4v) is 4.76. The fourth-order valence-electron chi connectivity index (χ4n) is 3.14. The van der Waals surface area contributed by atoms with E-state index in [1.165, 1.54) is 16.4 Å². The predicted molar refractivity (Wildman–Crippen MR) is 115 cm³/mol. The topological polar surface area (TPSA) is 109 Å². The minimum atomic E-state index is -3.89. The van der Waals surface area contributed by atoms with Crippen molar-refractivity contribution in [1.82, 2.24) is 9.21 Å². The molecule has 31 heavy (non-hydrogen) atoms. The molecule has 0 aliphatic carbocycles. The summed E-state index contributed by atoms with van der Waals surface area (Å²) in [7, 11) is -3.89. The van der Waals surface area contributed by atoms with Crippen LogP contribution in [0.1, 0.15) is 23.0 Å². The highest BCUT2D eigenvalue weighted by molar-refractivity contribution is 7.89. The number of amides is 1. The molecule has 1 aliphatic heterocycles. The molecule has 1 amide bonds. The molecule has 2 aromatic rings. The Labute approximate surface area is 185 Å². The number of carbonyl (C=O) groups excluding carboxylic acids is 2. The van der Waals surface area contributed by atoms with Gasteiger partial charge in [-0.1, -0.05) is 17.7 Å². The minimum Gasteiger partial charge on any atom is -0.460 e. The third-order valence-electron chi connectivity index (χ3n) is 4.75. The van der Waals surface area contributed by atoms with E-state index in [-0.39, 0.29) is 43.0 Å². The number of esters is 1. The smallest absolute Gasteiger partial charge is 0.374 e. The monoisotopic (exact) mass is 469 g/mol. The molecule has 0 saturated carbocycles. The summed E-state index contributed by atoms with van der Waals surface area (Å²) < 4.78 is 36.8. The van der Waals surface area contributed by atoms with E-state index in [1.807, 2.05) is 17.9 Å². The molecule has 1 aromatic heterocycles. The minimum absolute atomic E-state index is 0.117. The Balaban J connectivity index is 1.55.